The molecule has 164 valence electrons. The second-order valence-electron chi connectivity index (χ2n) is 6.97. The number of carbonyl (C=O) groups is 1. The normalized spacial score (nSPS) is 12.1. The lowest BCUT2D eigenvalue weighted by Gasteiger charge is -2.28. The van der Waals surface area contributed by atoms with Gasteiger partial charge in [0, 0.05) is 0 Å². The van der Waals surface area contributed by atoms with Gasteiger partial charge in [-0.1, -0.05) is 25.5 Å². The summed E-state index contributed by atoms with van der Waals surface area (Å²) in [4.78, 5) is 12.6. The number of hydrogen-bond acceptors (Lipinski definition) is 5. The molecule has 0 fully saturated rings. The van der Waals surface area contributed by atoms with Crippen molar-refractivity contribution in [2.24, 2.45) is 0 Å². The molecule has 0 bridgehead atoms. The average molecular weight is 435 g/mol. The molecule has 0 spiro atoms. The summed E-state index contributed by atoms with van der Waals surface area (Å²) in [5.74, 6) is 0.926. The molecule has 2 aromatic rings. The highest BCUT2D eigenvalue weighted by atomic mass is 32.2. The summed E-state index contributed by atoms with van der Waals surface area (Å²) in [6, 6.07) is 13.5. The van der Waals surface area contributed by atoms with Crippen LogP contribution >= 0.6 is 0 Å². The highest BCUT2D eigenvalue weighted by Crippen LogP contribution is 2.23. The summed E-state index contributed by atoms with van der Waals surface area (Å²) in [6.07, 6.45) is 3.19. The third kappa shape index (κ3) is 6.66. The van der Waals surface area contributed by atoms with E-state index in [-0.39, 0.29) is 13.2 Å². The number of rotatable bonds is 11. The zero-order valence-corrected chi connectivity index (χ0v) is 18.7. The second kappa shape index (κ2) is 10.9. The molecule has 0 aliphatic rings. The number of amides is 1. The molecule has 2 rings (SSSR count). The Kier molecular flexibility index (Phi) is 8.53. The van der Waals surface area contributed by atoms with Gasteiger partial charge in [0.15, 0.2) is 0 Å². The van der Waals surface area contributed by atoms with Crippen LogP contribution in [-0.2, 0) is 21.2 Å². The van der Waals surface area contributed by atoms with Crippen LogP contribution in [0.4, 0.5) is 5.69 Å². The minimum Gasteiger partial charge on any atom is -0.497 e. The van der Waals surface area contributed by atoms with Crippen molar-refractivity contribution in [1.82, 2.24) is 5.32 Å². The smallest absolute Gasteiger partial charge is 0.243 e. The summed E-state index contributed by atoms with van der Waals surface area (Å²) in [6.45, 7) is 4.23. The number of anilines is 1. The number of nitrogens with zero attached hydrogens (tertiary/aromatic N) is 1. The quantitative estimate of drug-likeness (QED) is 0.550. The van der Waals surface area contributed by atoms with E-state index in [2.05, 4.69) is 12.2 Å². The van der Waals surface area contributed by atoms with Gasteiger partial charge in [-0.15, -0.1) is 0 Å². The zero-order valence-electron chi connectivity index (χ0n) is 17.9. The Hall–Kier alpha value is -2.74. The van der Waals surface area contributed by atoms with Gasteiger partial charge < -0.3 is 14.8 Å². The van der Waals surface area contributed by atoms with Crippen LogP contribution in [0.1, 0.15) is 25.8 Å². The van der Waals surface area contributed by atoms with E-state index in [1.54, 1.807) is 31.2 Å². The first kappa shape index (κ1) is 23.5. The summed E-state index contributed by atoms with van der Waals surface area (Å²) < 4.78 is 36.5. The predicted molar refractivity (Wildman–Crippen MR) is 119 cm³/mol. The van der Waals surface area contributed by atoms with Crippen LogP contribution in [0.3, 0.4) is 0 Å². The van der Waals surface area contributed by atoms with E-state index in [9.17, 15) is 13.2 Å². The van der Waals surface area contributed by atoms with Crippen LogP contribution < -0.4 is 19.1 Å². The first-order chi connectivity index (χ1) is 14.3. The topological polar surface area (TPSA) is 84.9 Å². The number of methoxy groups -OCH3 is 1. The van der Waals surface area contributed by atoms with Crippen LogP contribution in [0, 0.1) is 0 Å². The standard InChI is InChI=1S/C22H30N2O5S/c1-5-6-18-7-11-21(12-8-18)29-16-15-23-22(25)17(2)24(30(4,26)27)19-9-13-20(28-3)14-10-19/h7-14,17H,5-6,15-16H2,1-4H3,(H,23,25)/t17-/m1/s1. The molecule has 1 N–H and O–H groups in total. The molecule has 2 aromatic carbocycles. The van der Waals surface area contributed by atoms with Gasteiger partial charge in [-0.05, 0) is 55.3 Å². The van der Waals surface area contributed by atoms with Crippen molar-refractivity contribution in [3.8, 4) is 11.5 Å². The first-order valence-corrected chi connectivity index (χ1v) is 11.7. The van der Waals surface area contributed by atoms with Crippen molar-refractivity contribution in [1.29, 1.82) is 0 Å². The highest BCUT2D eigenvalue weighted by Gasteiger charge is 2.28. The summed E-state index contributed by atoms with van der Waals surface area (Å²) in [5, 5.41) is 2.73. The fourth-order valence-electron chi connectivity index (χ4n) is 3.07. The van der Waals surface area contributed by atoms with Gasteiger partial charge in [0.05, 0.1) is 25.6 Å². The van der Waals surface area contributed by atoms with E-state index in [0.717, 1.165) is 29.2 Å². The maximum absolute atomic E-state index is 12.6. The molecule has 0 saturated carbocycles. The lowest BCUT2D eigenvalue weighted by molar-refractivity contribution is -0.121. The molecule has 0 aromatic heterocycles. The van der Waals surface area contributed by atoms with Crippen molar-refractivity contribution < 1.29 is 22.7 Å². The lowest BCUT2D eigenvalue weighted by Crippen LogP contribution is -2.48. The Labute approximate surface area is 179 Å². The van der Waals surface area contributed by atoms with Crippen LogP contribution in [0.15, 0.2) is 48.5 Å². The van der Waals surface area contributed by atoms with Gasteiger partial charge >= 0.3 is 0 Å². The molecule has 1 amide bonds. The predicted octanol–water partition coefficient (Wildman–Crippen LogP) is 3.00. The Balaban J connectivity index is 1.93. The van der Waals surface area contributed by atoms with E-state index < -0.39 is 22.0 Å². The van der Waals surface area contributed by atoms with E-state index in [1.165, 1.54) is 12.7 Å². The van der Waals surface area contributed by atoms with Crippen molar-refractivity contribution in [2.45, 2.75) is 32.7 Å². The third-order valence-corrected chi connectivity index (χ3v) is 5.79. The highest BCUT2D eigenvalue weighted by molar-refractivity contribution is 7.92. The molecule has 0 aliphatic carbocycles. The van der Waals surface area contributed by atoms with Gasteiger partial charge in [0.25, 0.3) is 0 Å². The molecule has 8 heteroatoms. The SMILES string of the molecule is CCCc1ccc(OCCNC(=O)[C@@H](C)N(c2ccc(OC)cc2)S(C)(=O)=O)cc1. The van der Waals surface area contributed by atoms with Gasteiger partial charge in [0.2, 0.25) is 15.9 Å². The van der Waals surface area contributed by atoms with Crippen molar-refractivity contribution >= 4 is 21.6 Å². The molecule has 0 heterocycles. The lowest BCUT2D eigenvalue weighted by atomic mass is 10.1. The maximum Gasteiger partial charge on any atom is 0.243 e. The van der Waals surface area contributed by atoms with Crippen molar-refractivity contribution in [3.63, 3.8) is 0 Å². The van der Waals surface area contributed by atoms with Crippen LogP contribution in [0.5, 0.6) is 11.5 Å². The third-order valence-electron chi connectivity index (χ3n) is 4.55. The Morgan fingerprint density at radius 3 is 2.20 bits per heavy atom. The van der Waals surface area contributed by atoms with E-state index in [1.807, 2.05) is 24.3 Å². The van der Waals surface area contributed by atoms with Gasteiger partial charge in [-0.25, -0.2) is 8.42 Å². The average Bonchev–Trinajstić information content (AvgIpc) is 2.72. The molecule has 0 unspecified atom stereocenters. The molecule has 7 nitrogen and oxygen atoms in total. The first-order valence-electron chi connectivity index (χ1n) is 9.89. The van der Waals surface area contributed by atoms with Gasteiger partial charge in [0.1, 0.15) is 24.1 Å². The number of carbonyl (C=O) groups excluding carboxylic acids is 1. The minimum atomic E-state index is -3.66. The number of sulfonamides is 1. The van der Waals surface area contributed by atoms with Crippen LogP contribution in [0.25, 0.3) is 0 Å². The van der Waals surface area contributed by atoms with Gasteiger partial charge in [-0.3, -0.25) is 9.10 Å². The number of nitrogens with one attached hydrogen (secondary N) is 1. The molecular formula is C22H30N2O5S. The number of aryl methyl sites for hydroxylation is 1. The van der Waals surface area contributed by atoms with E-state index in [4.69, 9.17) is 9.47 Å². The van der Waals surface area contributed by atoms with Crippen molar-refractivity contribution in [3.05, 3.63) is 54.1 Å². The monoisotopic (exact) mass is 434 g/mol. The molecular weight excluding hydrogens is 404 g/mol. The zero-order chi connectivity index (χ0) is 22.1. The molecule has 30 heavy (non-hydrogen) atoms. The maximum atomic E-state index is 12.6. The largest absolute Gasteiger partial charge is 0.497 e. The Morgan fingerprint density at radius 1 is 1.07 bits per heavy atom. The van der Waals surface area contributed by atoms with Crippen LogP contribution in [0.2, 0.25) is 0 Å². The second-order valence-corrected chi connectivity index (χ2v) is 8.83. The molecule has 0 aliphatic heterocycles. The van der Waals surface area contributed by atoms with E-state index in [0.29, 0.717) is 11.4 Å². The van der Waals surface area contributed by atoms with E-state index >= 15 is 0 Å². The molecule has 0 saturated heterocycles. The van der Waals surface area contributed by atoms with Crippen molar-refractivity contribution in [2.75, 3.05) is 30.8 Å². The Morgan fingerprint density at radius 2 is 1.67 bits per heavy atom. The molecule has 0 radical (unpaired) electrons. The minimum absolute atomic E-state index is 0.264. The number of benzene rings is 2. The van der Waals surface area contributed by atoms with Crippen LogP contribution in [-0.4, -0.2) is 46.9 Å². The summed E-state index contributed by atoms with van der Waals surface area (Å²) in [5.41, 5.74) is 1.65. The molecule has 1 atom stereocenters. The fourth-order valence-corrected chi connectivity index (χ4v) is 4.24. The van der Waals surface area contributed by atoms with Gasteiger partial charge in [-0.2, -0.15) is 0 Å². The summed E-state index contributed by atoms with van der Waals surface area (Å²) in [7, 11) is -2.14. The number of ether oxygens (including phenoxy) is 2. The fraction of sp³-hybridized carbons (Fsp3) is 0.409. The summed E-state index contributed by atoms with van der Waals surface area (Å²) >= 11 is 0. The number of hydrogen-bond donors (Lipinski definition) is 1. The Bertz CT molecular complexity index is 912.